The molecule has 0 amide bonds. The third kappa shape index (κ3) is 4.45. The van der Waals surface area contributed by atoms with Crippen molar-refractivity contribution in [2.45, 2.75) is 38.8 Å². The molecule has 1 aliphatic rings. The fourth-order valence-electron chi connectivity index (χ4n) is 3.20. The Bertz CT molecular complexity index is 736. The first-order chi connectivity index (χ1) is 12.0. The van der Waals surface area contributed by atoms with Crippen LogP contribution in [0.25, 0.3) is 10.6 Å². The molecule has 1 aromatic heterocycles. The van der Waals surface area contributed by atoms with Crippen LogP contribution >= 0.6 is 11.3 Å². The van der Waals surface area contributed by atoms with Crippen LogP contribution in [0.1, 0.15) is 42.7 Å². The van der Waals surface area contributed by atoms with E-state index in [9.17, 15) is 4.79 Å². The summed E-state index contributed by atoms with van der Waals surface area (Å²) in [5, 5.41) is 12.1. The van der Waals surface area contributed by atoms with Crippen molar-refractivity contribution in [2.24, 2.45) is 0 Å². The largest absolute Gasteiger partial charge is 0.478 e. The van der Waals surface area contributed by atoms with Crippen LogP contribution in [0, 0.1) is 0 Å². The maximum Gasteiger partial charge on any atom is 0.335 e. The molecule has 0 spiro atoms. The van der Waals surface area contributed by atoms with Crippen molar-refractivity contribution in [3.8, 4) is 10.6 Å². The normalized spacial score (nSPS) is 17.5. The van der Waals surface area contributed by atoms with Gasteiger partial charge in [0.15, 0.2) is 0 Å². The summed E-state index contributed by atoms with van der Waals surface area (Å²) in [6.07, 6.45) is 2.08. The minimum atomic E-state index is -0.913. The highest BCUT2D eigenvalue weighted by Gasteiger charge is 2.30. The molecule has 0 aliphatic carbocycles. The highest BCUT2D eigenvalue weighted by Crippen LogP contribution is 2.28. The lowest BCUT2D eigenvalue weighted by Crippen LogP contribution is -2.43. The van der Waals surface area contributed by atoms with Crippen LogP contribution in [0.4, 0.5) is 0 Å². The molecule has 5 nitrogen and oxygen atoms in total. The fourth-order valence-corrected chi connectivity index (χ4v) is 4.01. The van der Waals surface area contributed by atoms with E-state index in [1.807, 2.05) is 13.0 Å². The molecule has 3 rings (SSSR count). The number of carbonyl (C=O) groups is 1. The van der Waals surface area contributed by atoms with E-state index in [1.165, 1.54) is 0 Å². The molecule has 0 atom stereocenters. The smallest absolute Gasteiger partial charge is 0.335 e. The Labute approximate surface area is 152 Å². The SMILES string of the molecule is CCOC1(C)CCN(Cc2csc(-c3cccc(C(=O)O)c3)n2)CC1. The van der Waals surface area contributed by atoms with Gasteiger partial charge in [-0.1, -0.05) is 12.1 Å². The van der Waals surface area contributed by atoms with E-state index in [-0.39, 0.29) is 5.60 Å². The van der Waals surface area contributed by atoms with E-state index >= 15 is 0 Å². The van der Waals surface area contributed by atoms with Gasteiger partial charge in [-0.2, -0.15) is 0 Å². The number of ether oxygens (including phenoxy) is 1. The van der Waals surface area contributed by atoms with Gasteiger partial charge in [0.05, 0.1) is 16.9 Å². The molecule has 1 aromatic carbocycles. The zero-order valence-corrected chi connectivity index (χ0v) is 15.5. The number of hydrogen-bond donors (Lipinski definition) is 1. The number of hydrogen-bond acceptors (Lipinski definition) is 5. The van der Waals surface area contributed by atoms with Crippen LogP contribution in [0.2, 0.25) is 0 Å². The van der Waals surface area contributed by atoms with Gasteiger partial charge in [0.25, 0.3) is 0 Å². The molecule has 25 heavy (non-hydrogen) atoms. The van der Waals surface area contributed by atoms with Crippen molar-refractivity contribution in [1.29, 1.82) is 0 Å². The lowest BCUT2D eigenvalue weighted by atomic mass is 9.93. The van der Waals surface area contributed by atoms with E-state index in [0.717, 1.165) is 55.3 Å². The Morgan fingerprint density at radius 2 is 2.16 bits per heavy atom. The minimum Gasteiger partial charge on any atom is -0.478 e. The third-order valence-electron chi connectivity index (χ3n) is 4.70. The quantitative estimate of drug-likeness (QED) is 0.846. The number of aromatic carboxylic acids is 1. The second kappa shape index (κ2) is 7.64. The van der Waals surface area contributed by atoms with Crippen LogP contribution in [-0.2, 0) is 11.3 Å². The first-order valence-electron chi connectivity index (χ1n) is 8.63. The van der Waals surface area contributed by atoms with E-state index in [2.05, 4.69) is 17.2 Å². The highest BCUT2D eigenvalue weighted by atomic mass is 32.1. The van der Waals surface area contributed by atoms with Crippen molar-refractivity contribution in [1.82, 2.24) is 9.88 Å². The van der Waals surface area contributed by atoms with Gasteiger partial charge < -0.3 is 9.84 Å². The van der Waals surface area contributed by atoms with E-state index in [1.54, 1.807) is 29.5 Å². The number of carboxylic acid groups (broad SMARTS) is 1. The predicted molar refractivity (Wildman–Crippen MR) is 99.1 cm³/mol. The topological polar surface area (TPSA) is 62.7 Å². The molecule has 2 heterocycles. The van der Waals surface area contributed by atoms with Crippen molar-refractivity contribution in [3.05, 3.63) is 40.9 Å². The molecule has 1 fully saturated rings. The summed E-state index contributed by atoms with van der Waals surface area (Å²) in [5.74, 6) is -0.913. The van der Waals surface area contributed by atoms with Gasteiger partial charge in [0.1, 0.15) is 5.01 Å². The van der Waals surface area contributed by atoms with Crippen molar-refractivity contribution in [2.75, 3.05) is 19.7 Å². The lowest BCUT2D eigenvalue weighted by molar-refractivity contribution is -0.0670. The van der Waals surface area contributed by atoms with Crippen LogP contribution < -0.4 is 0 Å². The molecule has 2 aromatic rings. The summed E-state index contributed by atoms with van der Waals surface area (Å²) in [5.41, 5.74) is 2.20. The van der Waals surface area contributed by atoms with Gasteiger partial charge in [-0.05, 0) is 38.8 Å². The molecule has 134 valence electrons. The summed E-state index contributed by atoms with van der Waals surface area (Å²) in [6.45, 7) is 7.87. The molecular formula is C19H24N2O3S. The standard InChI is InChI=1S/C19H24N2O3S/c1-3-24-19(2)7-9-21(10-8-19)12-16-13-25-17(20-16)14-5-4-6-15(11-14)18(22)23/h4-6,11,13H,3,7-10,12H2,1-2H3,(H,22,23). The number of likely N-dealkylation sites (tertiary alicyclic amines) is 1. The minimum absolute atomic E-state index is 0.00968. The van der Waals surface area contributed by atoms with Crippen molar-refractivity contribution >= 4 is 17.3 Å². The molecular weight excluding hydrogens is 336 g/mol. The van der Waals surface area contributed by atoms with Gasteiger partial charge in [0.2, 0.25) is 0 Å². The molecule has 1 aliphatic heterocycles. The summed E-state index contributed by atoms with van der Waals surface area (Å²) in [4.78, 5) is 18.2. The average Bonchev–Trinajstić information content (AvgIpc) is 3.06. The summed E-state index contributed by atoms with van der Waals surface area (Å²) in [7, 11) is 0. The molecule has 0 unspecified atom stereocenters. The van der Waals surface area contributed by atoms with E-state index in [4.69, 9.17) is 14.8 Å². The Morgan fingerprint density at radius 1 is 1.40 bits per heavy atom. The zero-order valence-electron chi connectivity index (χ0n) is 14.7. The molecule has 1 N–H and O–H groups in total. The van der Waals surface area contributed by atoms with Crippen molar-refractivity contribution < 1.29 is 14.6 Å². The van der Waals surface area contributed by atoms with Crippen LogP contribution in [0.5, 0.6) is 0 Å². The van der Waals surface area contributed by atoms with Crippen LogP contribution in [-0.4, -0.2) is 46.3 Å². The first kappa shape index (κ1) is 18.0. The van der Waals surface area contributed by atoms with Crippen LogP contribution in [0.3, 0.4) is 0 Å². The van der Waals surface area contributed by atoms with E-state index in [0.29, 0.717) is 5.56 Å². The number of thiazole rings is 1. The molecule has 0 bridgehead atoms. The number of benzene rings is 1. The summed E-state index contributed by atoms with van der Waals surface area (Å²) in [6, 6.07) is 6.95. The Morgan fingerprint density at radius 3 is 2.84 bits per heavy atom. The maximum absolute atomic E-state index is 11.1. The zero-order chi connectivity index (χ0) is 17.9. The molecule has 6 heteroatoms. The van der Waals surface area contributed by atoms with Crippen LogP contribution in [0.15, 0.2) is 29.6 Å². The van der Waals surface area contributed by atoms with E-state index < -0.39 is 5.97 Å². The Hall–Kier alpha value is -1.76. The predicted octanol–water partition coefficient (Wildman–Crippen LogP) is 3.90. The first-order valence-corrected chi connectivity index (χ1v) is 9.51. The van der Waals surface area contributed by atoms with Gasteiger partial charge in [0, 0.05) is 37.2 Å². The average molecular weight is 360 g/mol. The number of nitrogens with zero attached hydrogens (tertiary/aromatic N) is 2. The van der Waals surface area contributed by atoms with Gasteiger partial charge in [-0.15, -0.1) is 11.3 Å². The van der Waals surface area contributed by atoms with Gasteiger partial charge in [-0.25, -0.2) is 9.78 Å². The third-order valence-corrected chi connectivity index (χ3v) is 5.64. The second-order valence-corrected chi connectivity index (χ2v) is 7.55. The van der Waals surface area contributed by atoms with Crippen molar-refractivity contribution in [3.63, 3.8) is 0 Å². The number of piperidine rings is 1. The molecule has 0 saturated carbocycles. The lowest BCUT2D eigenvalue weighted by Gasteiger charge is -2.38. The Balaban J connectivity index is 1.63. The monoisotopic (exact) mass is 360 g/mol. The number of carboxylic acids is 1. The second-order valence-electron chi connectivity index (χ2n) is 6.69. The van der Waals surface area contributed by atoms with Gasteiger partial charge in [-0.3, -0.25) is 4.90 Å². The Kier molecular flexibility index (Phi) is 5.51. The highest BCUT2D eigenvalue weighted by molar-refractivity contribution is 7.13. The van der Waals surface area contributed by atoms with Gasteiger partial charge >= 0.3 is 5.97 Å². The number of rotatable bonds is 6. The maximum atomic E-state index is 11.1. The number of aromatic nitrogens is 1. The molecule has 1 saturated heterocycles. The summed E-state index contributed by atoms with van der Waals surface area (Å²) >= 11 is 1.56. The summed E-state index contributed by atoms with van der Waals surface area (Å²) < 4.78 is 5.87. The molecule has 0 radical (unpaired) electrons. The fraction of sp³-hybridized carbons (Fsp3) is 0.474.